The second kappa shape index (κ2) is 5.15. The van der Waals surface area contributed by atoms with Gasteiger partial charge in [-0.1, -0.05) is 18.2 Å². The van der Waals surface area contributed by atoms with Gasteiger partial charge in [0.25, 0.3) is 0 Å². The van der Waals surface area contributed by atoms with Gasteiger partial charge in [-0.3, -0.25) is 4.79 Å². The molecule has 1 heterocycles. The molecule has 0 aliphatic rings. The molecule has 0 bridgehead atoms. The van der Waals surface area contributed by atoms with E-state index in [0.717, 1.165) is 11.1 Å². The third kappa shape index (κ3) is 2.29. The van der Waals surface area contributed by atoms with Gasteiger partial charge in [-0.2, -0.15) is 0 Å². The van der Waals surface area contributed by atoms with Crippen LogP contribution in [0.15, 0.2) is 51.7 Å². The molecule has 0 saturated carbocycles. The number of carbonyl (C=O) groups is 1. The average Bonchev–Trinajstić information content (AvgIpc) is 2.51. The molecule has 3 rings (SSSR count). The van der Waals surface area contributed by atoms with E-state index in [0.29, 0.717) is 22.3 Å². The van der Waals surface area contributed by atoms with Crippen LogP contribution in [0.5, 0.6) is 0 Å². The summed E-state index contributed by atoms with van der Waals surface area (Å²) >= 11 is 0. The molecule has 0 fully saturated rings. The highest BCUT2D eigenvalue weighted by molar-refractivity contribution is 5.89. The van der Waals surface area contributed by atoms with Crippen LogP contribution in [0.4, 0.5) is 0 Å². The molecule has 1 N–H and O–H groups in total. The van der Waals surface area contributed by atoms with Crippen LogP contribution in [0.1, 0.15) is 21.5 Å². The molecule has 2 aromatic carbocycles. The van der Waals surface area contributed by atoms with E-state index in [-0.39, 0.29) is 11.0 Å². The molecule has 0 unspecified atom stereocenters. The second-order valence-electron chi connectivity index (χ2n) is 5.25. The minimum absolute atomic E-state index is 0.139. The number of hydrogen-bond acceptors (Lipinski definition) is 3. The van der Waals surface area contributed by atoms with Crippen molar-refractivity contribution in [1.82, 2.24) is 0 Å². The van der Waals surface area contributed by atoms with Crippen molar-refractivity contribution in [3.8, 4) is 11.3 Å². The summed E-state index contributed by atoms with van der Waals surface area (Å²) in [5.74, 6) is -0.647. The van der Waals surface area contributed by atoms with Crippen LogP contribution in [0.3, 0.4) is 0 Å². The van der Waals surface area contributed by atoms with E-state index in [2.05, 4.69) is 0 Å². The van der Waals surface area contributed by atoms with E-state index >= 15 is 0 Å². The van der Waals surface area contributed by atoms with E-state index in [4.69, 9.17) is 9.52 Å². The van der Waals surface area contributed by atoms with Gasteiger partial charge in [0.15, 0.2) is 5.43 Å². The van der Waals surface area contributed by atoms with Gasteiger partial charge in [-0.25, -0.2) is 4.79 Å². The Morgan fingerprint density at radius 2 is 1.86 bits per heavy atom. The Balaban J connectivity index is 2.28. The fourth-order valence-corrected chi connectivity index (χ4v) is 2.40. The maximum absolute atomic E-state index is 12.3. The molecule has 4 heteroatoms. The molecule has 1 aromatic heterocycles. The SMILES string of the molecule is Cc1ccc2c(=O)cc(-c3cccc(C(=O)O)c3)oc2c1C. The summed E-state index contributed by atoms with van der Waals surface area (Å²) < 4.78 is 5.88. The summed E-state index contributed by atoms with van der Waals surface area (Å²) in [5, 5.41) is 9.60. The lowest BCUT2D eigenvalue weighted by atomic mass is 10.0. The van der Waals surface area contributed by atoms with Crippen LogP contribution < -0.4 is 5.43 Å². The number of aryl methyl sites for hydroxylation is 2. The fourth-order valence-electron chi connectivity index (χ4n) is 2.40. The number of carboxylic acid groups (broad SMARTS) is 1. The normalized spacial score (nSPS) is 10.8. The van der Waals surface area contributed by atoms with Crippen LogP contribution in [0.2, 0.25) is 0 Å². The molecule has 0 amide bonds. The summed E-state index contributed by atoms with van der Waals surface area (Å²) in [7, 11) is 0. The van der Waals surface area contributed by atoms with Gasteiger partial charge in [0.2, 0.25) is 0 Å². The van der Waals surface area contributed by atoms with Crippen molar-refractivity contribution in [3.63, 3.8) is 0 Å². The Bertz CT molecular complexity index is 951. The van der Waals surface area contributed by atoms with Gasteiger partial charge >= 0.3 is 5.97 Å². The molecule has 0 radical (unpaired) electrons. The van der Waals surface area contributed by atoms with Crippen molar-refractivity contribution in [3.05, 3.63) is 69.4 Å². The topological polar surface area (TPSA) is 67.5 Å². The largest absolute Gasteiger partial charge is 0.478 e. The van der Waals surface area contributed by atoms with E-state index < -0.39 is 5.97 Å². The molecular formula is C18H14O4. The quantitative estimate of drug-likeness (QED) is 0.781. The van der Waals surface area contributed by atoms with Gasteiger partial charge in [0.1, 0.15) is 11.3 Å². The fraction of sp³-hybridized carbons (Fsp3) is 0.111. The van der Waals surface area contributed by atoms with Gasteiger partial charge in [0.05, 0.1) is 10.9 Å². The Morgan fingerprint density at radius 1 is 1.09 bits per heavy atom. The summed E-state index contributed by atoms with van der Waals surface area (Å²) in [5.41, 5.74) is 3.07. The standard InChI is InChI=1S/C18H14O4/c1-10-6-7-14-15(19)9-16(22-17(14)11(10)2)12-4-3-5-13(8-12)18(20)21/h3-9H,1-2H3,(H,20,21). The van der Waals surface area contributed by atoms with Crippen molar-refractivity contribution in [2.75, 3.05) is 0 Å². The third-order valence-electron chi connectivity index (χ3n) is 3.81. The minimum atomic E-state index is -1.02. The number of carboxylic acids is 1. The van der Waals surface area contributed by atoms with Crippen LogP contribution in [-0.4, -0.2) is 11.1 Å². The minimum Gasteiger partial charge on any atom is -0.478 e. The highest BCUT2D eigenvalue weighted by atomic mass is 16.4. The second-order valence-corrected chi connectivity index (χ2v) is 5.25. The average molecular weight is 294 g/mol. The highest BCUT2D eigenvalue weighted by Gasteiger charge is 2.11. The first-order valence-electron chi connectivity index (χ1n) is 6.85. The molecule has 110 valence electrons. The van der Waals surface area contributed by atoms with E-state index in [1.165, 1.54) is 18.2 Å². The number of rotatable bonds is 2. The Kier molecular flexibility index (Phi) is 3.29. The van der Waals surface area contributed by atoms with Crippen molar-refractivity contribution in [2.24, 2.45) is 0 Å². The molecule has 0 saturated heterocycles. The Hall–Kier alpha value is -2.88. The van der Waals surface area contributed by atoms with Crippen molar-refractivity contribution in [2.45, 2.75) is 13.8 Å². The van der Waals surface area contributed by atoms with Crippen molar-refractivity contribution < 1.29 is 14.3 Å². The number of fused-ring (bicyclic) bond motifs is 1. The highest BCUT2D eigenvalue weighted by Crippen LogP contribution is 2.26. The van der Waals surface area contributed by atoms with Crippen molar-refractivity contribution in [1.29, 1.82) is 0 Å². The predicted octanol–water partition coefficient (Wildman–Crippen LogP) is 3.78. The summed E-state index contributed by atoms with van der Waals surface area (Å²) in [4.78, 5) is 23.3. The first kappa shape index (κ1) is 14.1. The summed E-state index contributed by atoms with van der Waals surface area (Å²) in [6.45, 7) is 3.85. The molecule has 0 spiro atoms. The maximum atomic E-state index is 12.3. The first-order valence-corrected chi connectivity index (χ1v) is 6.85. The van der Waals surface area contributed by atoms with Gasteiger partial charge < -0.3 is 9.52 Å². The summed E-state index contributed by atoms with van der Waals surface area (Å²) in [6.07, 6.45) is 0. The zero-order chi connectivity index (χ0) is 15.9. The smallest absolute Gasteiger partial charge is 0.335 e. The molecule has 0 aliphatic carbocycles. The predicted molar refractivity (Wildman–Crippen MR) is 84.4 cm³/mol. The molecule has 0 atom stereocenters. The zero-order valence-corrected chi connectivity index (χ0v) is 12.2. The Labute approximate surface area is 126 Å². The zero-order valence-electron chi connectivity index (χ0n) is 12.2. The molecule has 4 nitrogen and oxygen atoms in total. The molecule has 22 heavy (non-hydrogen) atoms. The first-order chi connectivity index (χ1) is 10.5. The van der Waals surface area contributed by atoms with Crippen LogP contribution in [-0.2, 0) is 0 Å². The van der Waals surface area contributed by atoms with Crippen molar-refractivity contribution >= 4 is 16.9 Å². The van der Waals surface area contributed by atoms with E-state index in [1.54, 1.807) is 18.2 Å². The maximum Gasteiger partial charge on any atom is 0.335 e. The van der Waals surface area contributed by atoms with E-state index in [9.17, 15) is 9.59 Å². The van der Waals surface area contributed by atoms with Gasteiger partial charge in [-0.15, -0.1) is 0 Å². The number of aromatic carboxylic acids is 1. The molecule has 3 aromatic rings. The lowest BCUT2D eigenvalue weighted by Gasteiger charge is -2.07. The number of hydrogen-bond donors (Lipinski definition) is 1. The van der Waals surface area contributed by atoms with Gasteiger partial charge in [0, 0.05) is 11.6 Å². The van der Waals surface area contributed by atoms with Crippen LogP contribution in [0.25, 0.3) is 22.3 Å². The van der Waals surface area contributed by atoms with E-state index in [1.807, 2.05) is 19.9 Å². The van der Waals surface area contributed by atoms with Crippen LogP contribution in [0, 0.1) is 13.8 Å². The van der Waals surface area contributed by atoms with Crippen LogP contribution >= 0.6 is 0 Å². The van der Waals surface area contributed by atoms with Gasteiger partial charge in [-0.05, 0) is 43.2 Å². The lowest BCUT2D eigenvalue weighted by molar-refractivity contribution is 0.0697. The Morgan fingerprint density at radius 3 is 2.59 bits per heavy atom. The number of benzene rings is 2. The monoisotopic (exact) mass is 294 g/mol. The molecular weight excluding hydrogens is 280 g/mol. The summed E-state index contributed by atoms with van der Waals surface area (Å²) in [6, 6.07) is 11.4. The third-order valence-corrected chi connectivity index (χ3v) is 3.81. The lowest BCUT2D eigenvalue weighted by Crippen LogP contribution is -2.02. The molecule has 0 aliphatic heterocycles.